The Morgan fingerprint density at radius 1 is 1.50 bits per heavy atom. The molecule has 0 unspecified atom stereocenters. The molecule has 0 saturated carbocycles. The number of carbonyl (C=O) groups excluding carboxylic acids is 2. The normalized spacial score (nSPS) is 19.5. The SMILES string of the molecule is N#C[C@@H]1CC(F)(F)CN1C(=O)CNC(=O)c1ccc(=O)[nH]c1. The van der Waals surface area contributed by atoms with E-state index in [1.807, 2.05) is 0 Å². The van der Waals surface area contributed by atoms with E-state index in [1.165, 1.54) is 12.3 Å². The van der Waals surface area contributed by atoms with Crippen LogP contribution in [0, 0.1) is 11.3 Å². The van der Waals surface area contributed by atoms with Crippen LogP contribution in [0.4, 0.5) is 8.78 Å². The lowest BCUT2D eigenvalue weighted by Crippen LogP contribution is -2.43. The highest BCUT2D eigenvalue weighted by molar-refractivity contribution is 5.96. The second-order valence-electron chi connectivity index (χ2n) is 4.85. The number of amides is 2. The van der Waals surface area contributed by atoms with Gasteiger partial charge in [0.15, 0.2) is 0 Å². The van der Waals surface area contributed by atoms with E-state index in [0.29, 0.717) is 0 Å². The number of alkyl halides is 2. The van der Waals surface area contributed by atoms with Crippen LogP contribution in [0.3, 0.4) is 0 Å². The molecule has 1 atom stereocenters. The first-order chi connectivity index (χ1) is 10.3. The fourth-order valence-electron chi connectivity index (χ4n) is 2.11. The van der Waals surface area contributed by atoms with Gasteiger partial charge in [-0.3, -0.25) is 14.4 Å². The first-order valence-electron chi connectivity index (χ1n) is 6.36. The lowest BCUT2D eigenvalue weighted by Gasteiger charge is -2.19. The van der Waals surface area contributed by atoms with Gasteiger partial charge in [-0.05, 0) is 6.07 Å². The van der Waals surface area contributed by atoms with Crippen LogP contribution in [0.2, 0.25) is 0 Å². The van der Waals surface area contributed by atoms with Crippen molar-refractivity contribution in [3.8, 4) is 6.07 Å². The number of H-pyrrole nitrogens is 1. The number of hydrogen-bond donors (Lipinski definition) is 2. The topological polar surface area (TPSA) is 106 Å². The first kappa shape index (κ1) is 15.6. The van der Waals surface area contributed by atoms with E-state index in [9.17, 15) is 23.2 Å². The Morgan fingerprint density at radius 3 is 2.82 bits per heavy atom. The number of nitriles is 1. The summed E-state index contributed by atoms with van der Waals surface area (Å²) in [5.41, 5.74) is -0.264. The van der Waals surface area contributed by atoms with Crippen molar-refractivity contribution in [1.29, 1.82) is 5.26 Å². The molecule has 1 aromatic heterocycles. The van der Waals surface area contributed by atoms with Crippen LogP contribution in [0.25, 0.3) is 0 Å². The fourth-order valence-corrected chi connectivity index (χ4v) is 2.11. The minimum absolute atomic E-state index is 0.121. The average molecular weight is 310 g/mol. The standard InChI is InChI=1S/C13H12F2N4O3/c14-13(15)3-9(4-16)19(7-13)11(21)6-18-12(22)8-1-2-10(20)17-5-8/h1-2,5,9H,3,6-7H2,(H,17,20)(H,18,22)/t9-/m0/s1. The maximum atomic E-state index is 13.2. The Hall–Kier alpha value is -2.76. The molecule has 2 heterocycles. The minimum atomic E-state index is -3.10. The summed E-state index contributed by atoms with van der Waals surface area (Å²) in [6.45, 7) is -1.34. The molecule has 0 aromatic carbocycles. The highest BCUT2D eigenvalue weighted by Gasteiger charge is 2.47. The molecule has 1 saturated heterocycles. The summed E-state index contributed by atoms with van der Waals surface area (Å²) in [7, 11) is 0. The van der Waals surface area contributed by atoms with Gasteiger partial charge in [0.25, 0.3) is 11.8 Å². The smallest absolute Gasteiger partial charge is 0.268 e. The van der Waals surface area contributed by atoms with Gasteiger partial charge in [-0.2, -0.15) is 5.26 Å². The summed E-state index contributed by atoms with van der Waals surface area (Å²) in [5.74, 6) is -4.50. The number of halogens is 2. The predicted octanol–water partition coefficient (Wildman–Crippen LogP) is -0.136. The van der Waals surface area contributed by atoms with Crippen molar-refractivity contribution in [2.45, 2.75) is 18.4 Å². The second-order valence-corrected chi connectivity index (χ2v) is 4.85. The van der Waals surface area contributed by atoms with Gasteiger partial charge in [-0.25, -0.2) is 8.78 Å². The largest absolute Gasteiger partial charge is 0.343 e. The van der Waals surface area contributed by atoms with Gasteiger partial charge in [-0.15, -0.1) is 0 Å². The molecule has 0 aliphatic carbocycles. The summed E-state index contributed by atoms with van der Waals surface area (Å²) in [5, 5.41) is 11.1. The van der Waals surface area contributed by atoms with Crippen LogP contribution < -0.4 is 10.9 Å². The molecule has 1 aliphatic heterocycles. The molecule has 0 bridgehead atoms. The second kappa shape index (κ2) is 5.93. The third-order valence-corrected chi connectivity index (χ3v) is 3.19. The van der Waals surface area contributed by atoms with Gasteiger partial charge in [0, 0.05) is 18.7 Å². The molecule has 2 amide bonds. The number of aromatic amines is 1. The van der Waals surface area contributed by atoms with E-state index < -0.39 is 43.3 Å². The van der Waals surface area contributed by atoms with E-state index in [4.69, 9.17) is 5.26 Å². The zero-order valence-corrected chi connectivity index (χ0v) is 11.3. The maximum Gasteiger partial charge on any atom is 0.268 e. The number of likely N-dealkylation sites (tertiary alicyclic amines) is 1. The van der Waals surface area contributed by atoms with E-state index in [-0.39, 0.29) is 11.1 Å². The number of nitrogens with one attached hydrogen (secondary N) is 2. The molecular weight excluding hydrogens is 298 g/mol. The van der Waals surface area contributed by atoms with Crippen molar-refractivity contribution in [1.82, 2.24) is 15.2 Å². The number of nitrogens with zero attached hydrogens (tertiary/aromatic N) is 2. The molecule has 1 aliphatic rings. The summed E-state index contributed by atoms with van der Waals surface area (Å²) < 4.78 is 26.5. The molecule has 1 fully saturated rings. The van der Waals surface area contributed by atoms with Crippen LogP contribution in [0.1, 0.15) is 16.8 Å². The Balaban J connectivity index is 1.95. The Kier molecular flexibility index (Phi) is 4.21. The number of aromatic nitrogens is 1. The van der Waals surface area contributed by atoms with E-state index in [0.717, 1.165) is 11.0 Å². The lowest BCUT2D eigenvalue weighted by atomic mass is 10.2. The third-order valence-electron chi connectivity index (χ3n) is 3.19. The van der Waals surface area contributed by atoms with Crippen molar-refractivity contribution in [2.24, 2.45) is 0 Å². The predicted molar refractivity (Wildman–Crippen MR) is 70.1 cm³/mol. The lowest BCUT2D eigenvalue weighted by molar-refractivity contribution is -0.131. The van der Waals surface area contributed by atoms with Crippen molar-refractivity contribution in [3.05, 3.63) is 34.2 Å². The zero-order chi connectivity index (χ0) is 16.3. The zero-order valence-electron chi connectivity index (χ0n) is 11.3. The van der Waals surface area contributed by atoms with Crippen LogP contribution in [0.15, 0.2) is 23.1 Å². The Labute approximate surface area is 123 Å². The molecule has 9 heteroatoms. The van der Waals surface area contributed by atoms with E-state index in [2.05, 4.69) is 10.3 Å². The summed E-state index contributed by atoms with van der Waals surface area (Å²) in [6, 6.07) is 2.85. The van der Waals surface area contributed by atoms with Gasteiger partial charge in [0.2, 0.25) is 11.5 Å². The molecule has 116 valence electrons. The number of hydrogen-bond acceptors (Lipinski definition) is 4. The molecule has 2 N–H and O–H groups in total. The highest BCUT2D eigenvalue weighted by atomic mass is 19.3. The van der Waals surface area contributed by atoms with Gasteiger partial charge >= 0.3 is 0 Å². The maximum absolute atomic E-state index is 13.2. The summed E-state index contributed by atoms with van der Waals surface area (Å²) >= 11 is 0. The summed E-state index contributed by atoms with van der Waals surface area (Å²) in [6.07, 6.45) is 0.466. The molecule has 22 heavy (non-hydrogen) atoms. The number of carbonyl (C=O) groups is 2. The number of pyridine rings is 1. The van der Waals surface area contributed by atoms with Gasteiger partial charge < -0.3 is 15.2 Å². The van der Waals surface area contributed by atoms with Gasteiger partial charge in [0.05, 0.1) is 24.7 Å². The molecule has 1 aromatic rings. The fraction of sp³-hybridized carbons (Fsp3) is 0.385. The molecule has 0 radical (unpaired) electrons. The Morgan fingerprint density at radius 2 is 2.23 bits per heavy atom. The molecule has 0 spiro atoms. The van der Waals surface area contributed by atoms with Gasteiger partial charge in [-0.1, -0.05) is 0 Å². The van der Waals surface area contributed by atoms with Crippen molar-refractivity contribution in [3.63, 3.8) is 0 Å². The highest BCUT2D eigenvalue weighted by Crippen LogP contribution is 2.31. The van der Waals surface area contributed by atoms with E-state index in [1.54, 1.807) is 6.07 Å². The number of rotatable bonds is 3. The van der Waals surface area contributed by atoms with E-state index >= 15 is 0 Å². The van der Waals surface area contributed by atoms with Crippen molar-refractivity contribution < 1.29 is 18.4 Å². The minimum Gasteiger partial charge on any atom is -0.343 e. The Bertz CT molecular complexity index is 675. The quantitative estimate of drug-likeness (QED) is 0.810. The van der Waals surface area contributed by atoms with Crippen LogP contribution >= 0.6 is 0 Å². The van der Waals surface area contributed by atoms with Crippen LogP contribution in [-0.2, 0) is 4.79 Å². The van der Waals surface area contributed by atoms with Crippen LogP contribution in [0.5, 0.6) is 0 Å². The third kappa shape index (κ3) is 3.46. The first-order valence-corrected chi connectivity index (χ1v) is 6.36. The molecule has 2 rings (SSSR count). The van der Waals surface area contributed by atoms with Crippen molar-refractivity contribution >= 4 is 11.8 Å². The monoisotopic (exact) mass is 310 g/mol. The summed E-state index contributed by atoms with van der Waals surface area (Å²) in [4.78, 5) is 37.5. The average Bonchev–Trinajstić information content (AvgIpc) is 2.80. The molecule has 7 nitrogen and oxygen atoms in total. The molecular formula is C13H12F2N4O3. The van der Waals surface area contributed by atoms with Crippen molar-refractivity contribution in [2.75, 3.05) is 13.1 Å². The van der Waals surface area contributed by atoms with Crippen LogP contribution in [-0.4, -0.2) is 46.8 Å². The van der Waals surface area contributed by atoms with Gasteiger partial charge in [0.1, 0.15) is 6.04 Å².